The molecule has 1 aliphatic carbocycles. The molecular formula is C29H22N2O7. The summed E-state index contributed by atoms with van der Waals surface area (Å²) in [5, 5.41) is 11.2. The highest BCUT2D eigenvalue weighted by molar-refractivity contribution is 6.37. The molecule has 2 amide bonds. The number of anilines is 1. The first kappa shape index (κ1) is 23.9. The van der Waals surface area contributed by atoms with Gasteiger partial charge in [-0.15, -0.1) is 0 Å². The first-order valence-electron chi connectivity index (χ1n) is 12.3. The van der Waals surface area contributed by atoms with E-state index in [9.17, 15) is 29.3 Å². The molecular weight excluding hydrogens is 488 g/mol. The number of hydrogen-bond donors (Lipinski definition) is 0. The van der Waals surface area contributed by atoms with Crippen molar-refractivity contribution in [2.24, 2.45) is 11.8 Å². The average molecular weight is 511 g/mol. The molecule has 1 spiro atoms. The molecule has 9 heteroatoms. The van der Waals surface area contributed by atoms with Crippen molar-refractivity contribution in [2.75, 3.05) is 4.90 Å². The van der Waals surface area contributed by atoms with Crippen molar-refractivity contribution < 1.29 is 28.8 Å². The second-order valence-corrected chi connectivity index (χ2v) is 9.82. The number of ketones is 2. The van der Waals surface area contributed by atoms with E-state index in [0.29, 0.717) is 11.1 Å². The molecule has 6 rings (SSSR count). The number of Topliss-reactive ketones (excluding diaryl/α,β-unsaturated/α-hetero) is 2. The SMILES string of the molecule is CCc1ccc([C@@H]2OC3(C(=O)c4ccccc4C3=O)[C@H]3C(=O)N(c4ccc([N+](=O)[O-])cc4C)C(=O)[C@H]23)cc1. The van der Waals surface area contributed by atoms with Gasteiger partial charge in [-0.25, -0.2) is 4.90 Å². The maximum absolute atomic E-state index is 14.0. The van der Waals surface area contributed by atoms with Crippen LogP contribution in [0, 0.1) is 28.9 Å². The van der Waals surface area contributed by atoms with E-state index in [4.69, 9.17) is 4.74 Å². The van der Waals surface area contributed by atoms with Crippen LogP contribution in [0.25, 0.3) is 0 Å². The minimum atomic E-state index is -2.17. The van der Waals surface area contributed by atoms with Gasteiger partial charge in [0, 0.05) is 23.3 Å². The van der Waals surface area contributed by atoms with Crippen LogP contribution in [0.3, 0.4) is 0 Å². The number of non-ortho nitro benzene ring substituents is 1. The number of hydrogen-bond acceptors (Lipinski definition) is 7. The van der Waals surface area contributed by atoms with Crippen LogP contribution < -0.4 is 4.90 Å². The van der Waals surface area contributed by atoms with Gasteiger partial charge in [0.15, 0.2) is 0 Å². The Morgan fingerprint density at radius 2 is 1.55 bits per heavy atom. The van der Waals surface area contributed by atoms with Crippen molar-refractivity contribution >= 4 is 34.8 Å². The molecule has 2 fully saturated rings. The Morgan fingerprint density at radius 1 is 0.921 bits per heavy atom. The Kier molecular flexibility index (Phi) is 5.19. The number of ether oxygens (including phenoxy) is 1. The number of carbonyl (C=O) groups excluding carboxylic acids is 4. The highest BCUT2D eigenvalue weighted by Crippen LogP contribution is 2.58. The molecule has 2 aliphatic heterocycles. The van der Waals surface area contributed by atoms with Crippen molar-refractivity contribution in [2.45, 2.75) is 32.0 Å². The van der Waals surface area contributed by atoms with Crippen LogP contribution in [0.1, 0.15) is 50.4 Å². The smallest absolute Gasteiger partial charge is 0.269 e. The van der Waals surface area contributed by atoms with E-state index in [0.717, 1.165) is 16.9 Å². The number of rotatable bonds is 4. The average Bonchev–Trinajstić information content (AvgIpc) is 3.49. The van der Waals surface area contributed by atoms with Crippen molar-refractivity contribution in [3.63, 3.8) is 0 Å². The van der Waals surface area contributed by atoms with Crippen molar-refractivity contribution in [1.29, 1.82) is 0 Å². The summed E-state index contributed by atoms with van der Waals surface area (Å²) in [5.74, 6) is -5.14. The third-order valence-electron chi connectivity index (χ3n) is 7.87. The summed E-state index contributed by atoms with van der Waals surface area (Å²) in [6, 6.07) is 17.5. The largest absolute Gasteiger partial charge is 0.349 e. The molecule has 0 unspecified atom stereocenters. The Balaban J connectivity index is 1.52. The molecule has 3 aromatic carbocycles. The number of carbonyl (C=O) groups is 4. The molecule has 0 radical (unpaired) electrons. The Hall–Kier alpha value is -4.50. The quantitative estimate of drug-likeness (QED) is 0.223. The summed E-state index contributed by atoms with van der Waals surface area (Å²) >= 11 is 0. The van der Waals surface area contributed by atoms with Gasteiger partial charge in [0.05, 0.1) is 28.6 Å². The maximum Gasteiger partial charge on any atom is 0.269 e. The van der Waals surface area contributed by atoms with E-state index in [1.807, 2.05) is 19.1 Å². The van der Waals surface area contributed by atoms with Crippen LogP contribution in [0.15, 0.2) is 66.7 Å². The van der Waals surface area contributed by atoms with Gasteiger partial charge in [-0.3, -0.25) is 29.3 Å². The maximum atomic E-state index is 14.0. The highest BCUT2D eigenvalue weighted by atomic mass is 16.6. The van der Waals surface area contributed by atoms with E-state index in [1.165, 1.54) is 30.3 Å². The zero-order valence-electron chi connectivity index (χ0n) is 20.5. The van der Waals surface area contributed by atoms with E-state index in [1.54, 1.807) is 31.2 Å². The van der Waals surface area contributed by atoms with E-state index in [2.05, 4.69) is 0 Å². The zero-order chi connectivity index (χ0) is 26.9. The number of nitro benzene ring substituents is 1. The fraction of sp³-hybridized carbons (Fsp3) is 0.241. The Morgan fingerprint density at radius 3 is 2.11 bits per heavy atom. The molecule has 0 N–H and O–H groups in total. The van der Waals surface area contributed by atoms with E-state index in [-0.39, 0.29) is 22.5 Å². The summed E-state index contributed by atoms with van der Waals surface area (Å²) in [5.41, 5.74) is 0.100. The summed E-state index contributed by atoms with van der Waals surface area (Å²) < 4.78 is 6.29. The number of amides is 2. The first-order chi connectivity index (χ1) is 18.2. The lowest BCUT2D eigenvalue weighted by molar-refractivity contribution is -0.384. The minimum absolute atomic E-state index is 0.156. The molecule has 3 aromatic rings. The predicted octanol–water partition coefficient (Wildman–Crippen LogP) is 4.16. The predicted molar refractivity (Wildman–Crippen MR) is 135 cm³/mol. The summed E-state index contributed by atoms with van der Waals surface area (Å²) in [6.07, 6.45) is -0.230. The third-order valence-corrected chi connectivity index (χ3v) is 7.87. The van der Waals surface area contributed by atoms with Crippen molar-refractivity contribution in [3.8, 4) is 0 Å². The highest BCUT2D eigenvalue weighted by Gasteiger charge is 2.74. The van der Waals surface area contributed by atoms with Gasteiger partial charge in [0.1, 0.15) is 0 Å². The molecule has 0 saturated carbocycles. The summed E-state index contributed by atoms with van der Waals surface area (Å²) in [7, 11) is 0. The van der Waals surface area contributed by atoms with E-state index < -0.39 is 51.8 Å². The summed E-state index contributed by atoms with van der Waals surface area (Å²) in [4.78, 5) is 67.3. The van der Waals surface area contributed by atoms with Gasteiger partial charge in [-0.2, -0.15) is 0 Å². The molecule has 2 heterocycles. The molecule has 3 atom stereocenters. The van der Waals surface area contributed by atoms with E-state index >= 15 is 0 Å². The number of imide groups is 1. The monoisotopic (exact) mass is 510 g/mol. The standard InChI is InChI=1S/C29H22N2O7/c1-3-16-8-10-17(11-9-16)24-22-23(29(38-24)25(32)19-6-4-5-7-20(19)26(29)33)28(35)30(27(22)34)21-13-12-18(31(36)37)14-15(21)2/h4-14,22-24H,3H2,1-2H3/t22-,23+,24-/m0/s1. The van der Waals surface area contributed by atoms with Crippen LogP contribution in [-0.2, 0) is 20.7 Å². The number of fused-ring (bicyclic) bond motifs is 3. The summed E-state index contributed by atoms with van der Waals surface area (Å²) in [6.45, 7) is 3.56. The number of benzene rings is 3. The fourth-order valence-electron chi connectivity index (χ4n) is 6.00. The van der Waals surface area contributed by atoms with Gasteiger partial charge >= 0.3 is 0 Å². The number of nitrogens with zero attached hydrogens (tertiary/aromatic N) is 2. The molecule has 0 aromatic heterocycles. The van der Waals surface area contributed by atoms with Crippen molar-refractivity contribution in [1.82, 2.24) is 0 Å². The first-order valence-corrected chi connectivity index (χ1v) is 12.3. The lowest BCUT2D eigenvalue weighted by atomic mass is 9.77. The van der Waals surface area contributed by atoms with Gasteiger partial charge in [0.2, 0.25) is 29.0 Å². The number of aryl methyl sites for hydroxylation is 2. The lowest BCUT2D eigenvalue weighted by Gasteiger charge is -2.27. The van der Waals surface area contributed by atoms with Gasteiger partial charge in [-0.05, 0) is 36.1 Å². The molecule has 2 saturated heterocycles. The van der Waals surface area contributed by atoms with Crippen LogP contribution in [0.2, 0.25) is 0 Å². The van der Waals surface area contributed by atoms with Crippen molar-refractivity contribution in [3.05, 3.63) is 105 Å². The third kappa shape index (κ3) is 3.02. The normalized spacial score (nSPS) is 23.3. The van der Waals surface area contributed by atoms with Gasteiger partial charge < -0.3 is 4.74 Å². The van der Waals surface area contributed by atoms with Crippen LogP contribution in [0.4, 0.5) is 11.4 Å². The van der Waals surface area contributed by atoms with Gasteiger partial charge in [-0.1, -0.05) is 55.5 Å². The van der Waals surface area contributed by atoms with Crippen LogP contribution in [0.5, 0.6) is 0 Å². The van der Waals surface area contributed by atoms with Crippen LogP contribution in [-0.4, -0.2) is 33.9 Å². The fourth-order valence-corrected chi connectivity index (χ4v) is 6.00. The molecule has 190 valence electrons. The Labute approximate surface area is 217 Å². The number of nitro groups is 1. The molecule has 9 nitrogen and oxygen atoms in total. The molecule has 3 aliphatic rings. The zero-order valence-corrected chi connectivity index (χ0v) is 20.5. The Bertz CT molecular complexity index is 1540. The molecule has 38 heavy (non-hydrogen) atoms. The topological polar surface area (TPSA) is 124 Å². The second-order valence-electron chi connectivity index (χ2n) is 9.82. The van der Waals surface area contributed by atoms with Crippen LogP contribution >= 0.6 is 0 Å². The second kappa shape index (κ2) is 8.26. The minimum Gasteiger partial charge on any atom is -0.349 e. The van der Waals surface area contributed by atoms with Gasteiger partial charge in [0.25, 0.3) is 5.69 Å². The molecule has 0 bridgehead atoms. The lowest BCUT2D eigenvalue weighted by Crippen LogP contribution is -2.51.